The molecule has 2 nitrogen and oxygen atoms in total. The molecular formula is C16H26O2. The van der Waals surface area contributed by atoms with Crippen molar-refractivity contribution in [3.05, 3.63) is 23.3 Å². The van der Waals surface area contributed by atoms with Crippen molar-refractivity contribution in [2.24, 2.45) is 11.8 Å². The number of carboxylic acid groups (broad SMARTS) is 1. The van der Waals surface area contributed by atoms with Gasteiger partial charge in [0.1, 0.15) is 0 Å². The van der Waals surface area contributed by atoms with Crippen molar-refractivity contribution in [3.8, 4) is 0 Å². The molecule has 0 fully saturated rings. The van der Waals surface area contributed by atoms with E-state index < -0.39 is 5.97 Å². The first-order chi connectivity index (χ1) is 8.47. The van der Waals surface area contributed by atoms with E-state index in [-0.39, 0.29) is 0 Å². The molecular weight excluding hydrogens is 224 g/mol. The Morgan fingerprint density at radius 2 is 2.06 bits per heavy atom. The van der Waals surface area contributed by atoms with Crippen LogP contribution in [0.1, 0.15) is 59.3 Å². The van der Waals surface area contributed by atoms with Crippen LogP contribution >= 0.6 is 0 Å². The third kappa shape index (κ3) is 6.04. The smallest absolute Gasteiger partial charge is 0.328 e. The standard InChI is InChI=1S/C16H26O2/c1-12(2)5-4-6-13(3)9-14-7-8-15(10-14)11-16(17)18/h10-13H,4-9H2,1-3H3,(H,17,18)/b15-11+. The van der Waals surface area contributed by atoms with Crippen molar-refractivity contribution >= 4 is 5.97 Å². The van der Waals surface area contributed by atoms with E-state index in [2.05, 4.69) is 26.8 Å². The molecule has 1 aliphatic rings. The molecule has 0 heterocycles. The molecule has 0 amide bonds. The molecule has 0 saturated heterocycles. The highest BCUT2D eigenvalue weighted by atomic mass is 16.4. The van der Waals surface area contributed by atoms with Crippen LogP contribution in [-0.4, -0.2) is 11.1 Å². The molecule has 2 heteroatoms. The molecule has 102 valence electrons. The molecule has 1 atom stereocenters. The van der Waals surface area contributed by atoms with Crippen molar-refractivity contribution in [1.82, 2.24) is 0 Å². The summed E-state index contributed by atoms with van der Waals surface area (Å²) in [5.74, 6) is 0.694. The lowest BCUT2D eigenvalue weighted by Gasteiger charge is -2.12. The van der Waals surface area contributed by atoms with Crippen LogP contribution in [0.25, 0.3) is 0 Å². The normalized spacial score (nSPS) is 19.3. The molecule has 0 aromatic rings. The molecule has 0 saturated carbocycles. The molecule has 18 heavy (non-hydrogen) atoms. The van der Waals surface area contributed by atoms with Gasteiger partial charge in [0.2, 0.25) is 0 Å². The van der Waals surface area contributed by atoms with Crippen LogP contribution in [0.2, 0.25) is 0 Å². The molecule has 1 rings (SSSR count). The van der Waals surface area contributed by atoms with Crippen LogP contribution < -0.4 is 0 Å². The fourth-order valence-corrected chi connectivity index (χ4v) is 2.57. The maximum atomic E-state index is 10.6. The van der Waals surface area contributed by atoms with E-state index in [1.165, 1.54) is 30.9 Å². The average Bonchev–Trinajstić information content (AvgIpc) is 2.63. The number of carbonyl (C=O) groups is 1. The largest absolute Gasteiger partial charge is 0.478 e. The fraction of sp³-hybridized carbons (Fsp3) is 0.688. The molecule has 0 aromatic heterocycles. The monoisotopic (exact) mass is 250 g/mol. The van der Waals surface area contributed by atoms with E-state index >= 15 is 0 Å². The molecule has 0 spiro atoms. The Bertz CT molecular complexity index is 337. The lowest BCUT2D eigenvalue weighted by atomic mass is 9.94. The van der Waals surface area contributed by atoms with Crippen molar-refractivity contribution in [1.29, 1.82) is 0 Å². The SMILES string of the molecule is CC(C)CCCC(C)CC1=C/C(=C/C(=O)O)CC1. The van der Waals surface area contributed by atoms with Crippen LogP contribution in [0, 0.1) is 11.8 Å². The summed E-state index contributed by atoms with van der Waals surface area (Å²) in [6.45, 7) is 6.85. The highest BCUT2D eigenvalue weighted by Gasteiger charge is 2.13. The van der Waals surface area contributed by atoms with Crippen LogP contribution in [0.3, 0.4) is 0 Å². The quantitative estimate of drug-likeness (QED) is 0.672. The summed E-state index contributed by atoms with van der Waals surface area (Å²) in [4.78, 5) is 10.6. The predicted molar refractivity (Wildman–Crippen MR) is 75.5 cm³/mol. The van der Waals surface area contributed by atoms with Gasteiger partial charge in [0.05, 0.1) is 0 Å². The third-order valence-corrected chi connectivity index (χ3v) is 3.52. The van der Waals surface area contributed by atoms with Gasteiger partial charge < -0.3 is 5.11 Å². The maximum Gasteiger partial charge on any atom is 0.328 e. The second-order valence-electron chi connectivity index (χ2n) is 5.99. The Balaban J connectivity index is 2.32. The minimum atomic E-state index is -0.826. The summed E-state index contributed by atoms with van der Waals surface area (Å²) in [6, 6.07) is 0. The van der Waals surface area contributed by atoms with E-state index in [1.54, 1.807) is 0 Å². The zero-order valence-electron chi connectivity index (χ0n) is 11.9. The van der Waals surface area contributed by atoms with Crippen molar-refractivity contribution in [2.75, 3.05) is 0 Å². The number of hydrogen-bond acceptors (Lipinski definition) is 1. The van der Waals surface area contributed by atoms with Gasteiger partial charge in [-0.15, -0.1) is 0 Å². The lowest BCUT2D eigenvalue weighted by molar-refractivity contribution is -0.131. The zero-order valence-corrected chi connectivity index (χ0v) is 11.9. The van der Waals surface area contributed by atoms with E-state index in [9.17, 15) is 4.79 Å². The number of aliphatic carboxylic acids is 1. The van der Waals surface area contributed by atoms with Gasteiger partial charge in [-0.3, -0.25) is 0 Å². The van der Waals surface area contributed by atoms with E-state index in [0.717, 1.165) is 36.7 Å². The van der Waals surface area contributed by atoms with Gasteiger partial charge in [0.15, 0.2) is 0 Å². The second kappa shape index (κ2) is 7.40. The Labute approximate surface area is 111 Å². The summed E-state index contributed by atoms with van der Waals surface area (Å²) < 4.78 is 0. The lowest BCUT2D eigenvalue weighted by Crippen LogP contribution is -1.97. The summed E-state index contributed by atoms with van der Waals surface area (Å²) in [5, 5.41) is 8.70. The molecule has 0 radical (unpaired) electrons. The first-order valence-electron chi connectivity index (χ1n) is 7.10. The minimum absolute atomic E-state index is 0.721. The average molecular weight is 250 g/mol. The fourth-order valence-electron chi connectivity index (χ4n) is 2.57. The molecule has 1 N–H and O–H groups in total. The Morgan fingerprint density at radius 3 is 2.67 bits per heavy atom. The van der Waals surface area contributed by atoms with Gasteiger partial charge in [0, 0.05) is 6.08 Å². The van der Waals surface area contributed by atoms with Gasteiger partial charge in [-0.2, -0.15) is 0 Å². The Kier molecular flexibility index (Phi) is 6.17. The topological polar surface area (TPSA) is 37.3 Å². The van der Waals surface area contributed by atoms with Crippen LogP contribution in [0.5, 0.6) is 0 Å². The molecule has 0 bridgehead atoms. The first-order valence-corrected chi connectivity index (χ1v) is 7.10. The van der Waals surface area contributed by atoms with E-state index in [0.29, 0.717) is 0 Å². The predicted octanol–water partition coefficient (Wildman–Crippen LogP) is 4.57. The summed E-state index contributed by atoms with van der Waals surface area (Å²) in [5.41, 5.74) is 2.41. The maximum absolute atomic E-state index is 10.6. The van der Waals surface area contributed by atoms with Crippen molar-refractivity contribution in [2.45, 2.75) is 59.3 Å². The second-order valence-corrected chi connectivity index (χ2v) is 5.99. The van der Waals surface area contributed by atoms with Gasteiger partial charge in [0.25, 0.3) is 0 Å². The number of carboxylic acids is 1. The summed E-state index contributed by atoms with van der Waals surface area (Å²) in [7, 11) is 0. The Hall–Kier alpha value is -1.05. The van der Waals surface area contributed by atoms with Gasteiger partial charge >= 0.3 is 5.97 Å². The minimum Gasteiger partial charge on any atom is -0.478 e. The van der Waals surface area contributed by atoms with E-state index in [4.69, 9.17) is 5.11 Å². The van der Waals surface area contributed by atoms with Crippen LogP contribution in [-0.2, 0) is 4.79 Å². The third-order valence-electron chi connectivity index (χ3n) is 3.52. The molecule has 0 aromatic carbocycles. The van der Waals surface area contributed by atoms with Crippen molar-refractivity contribution in [3.63, 3.8) is 0 Å². The first kappa shape index (κ1) is 15.0. The van der Waals surface area contributed by atoms with Gasteiger partial charge in [-0.05, 0) is 36.7 Å². The number of rotatable bonds is 7. The van der Waals surface area contributed by atoms with E-state index in [1.807, 2.05) is 0 Å². The van der Waals surface area contributed by atoms with Crippen molar-refractivity contribution < 1.29 is 9.90 Å². The van der Waals surface area contributed by atoms with Gasteiger partial charge in [-0.25, -0.2) is 4.79 Å². The molecule has 0 aliphatic heterocycles. The van der Waals surface area contributed by atoms with Crippen LogP contribution in [0.4, 0.5) is 0 Å². The van der Waals surface area contributed by atoms with Gasteiger partial charge in [-0.1, -0.05) is 51.7 Å². The highest BCUT2D eigenvalue weighted by molar-refractivity contribution is 5.81. The summed E-state index contributed by atoms with van der Waals surface area (Å²) in [6.07, 6.45) is 10.4. The number of hydrogen-bond donors (Lipinski definition) is 1. The zero-order chi connectivity index (χ0) is 13.5. The number of allylic oxidation sites excluding steroid dienone is 3. The Morgan fingerprint density at radius 1 is 1.33 bits per heavy atom. The molecule has 1 aliphatic carbocycles. The highest BCUT2D eigenvalue weighted by Crippen LogP contribution is 2.29. The molecule has 1 unspecified atom stereocenters. The summed E-state index contributed by atoms with van der Waals surface area (Å²) >= 11 is 0. The van der Waals surface area contributed by atoms with Crippen LogP contribution in [0.15, 0.2) is 23.3 Å².